The van der Waals surface area contributed by atoms with E-state index in [2.05, 4.69) is 24.9 Å². The van der Waals surface area contributed by atoms with Gasteiger partial charge in [-0.05, 0) is 23.4 Å². The van der Waals surface area contributed by atoms with E-state index in [1.165, 1.54) is 18.9 Å². The second-order valence-electron chi connectivity index (χ2n) is 2.52. The van der Waals surface area contributed by atoms with Crippen molar-refractivity contribution in [1.29, 1.82) is 0 Å². The summed E-state index contributed by atoms with van der Waals surface area (Å²) in [7, 11) is 1.46. The van der Waals surface area contributed by atoms with Crippen molar-refractivity contribution in [3.8, 4) is 6.01 Å². The molecule has 6 nitrogen and oxygen atoms in total. The predicted molar refractivity (Wildman–Crippen MR) is 57.5 cm³/mol. The van der Waals surface area contributed by atoms with E-state index in [0.29, 0.717) is 10.2 Å². The number of ether oxygens (including phenoxy) is 1. The lowest BCUT2D eigenvalue weighted by Crippen LogP contribution is -1.97. The van der Waals surface area contributed by atoms with Crippen molar-refractivity contribution in [2.75, 3.05) is 7.11 Å². The zero-order valence-corrected chi connectivity index (χ0v) is 9.74. The quantitative estimate of drug-likeness (QED) is 0.822. The minimum Gasteiger partial charge on any atom is -0.467 e. The van der Waals surface area contributed by atoms with E-state index in [4.69, 9.17) is 16.3 Å². The first-order valence-corrected chi connectivity index (χ1v) is 5.37. The lowest BCUT2D eigenvalue weighted by molar-refractivity contribution is 0.373. The van der Waals surface area contributed by atoms with Crippen molar-refractivity contribution in [2.24, 2.45) is 0 Å². The van der Waals surface area contributed by atoms with Crippen molar-refractivity contribution in [3.63, 3.8) is 0 Å². The average Bonchev–Trinajstić information content (AvgIpc) is 2.29. The van der Waals surface area contributed by atoms with Crippen molar-refractivity contribution < 1.29 is 4.74 Å². The van der Waals surface area contributed by atoms with Crippen molar-refractivity contribution in [2.45, 2.75) is 10.2 Å². The first kappa shape index (κ1) is 11.0. The van der Waals surface area contributed by atoms with Gasteiger partial charge in [0.25, 0.3) is 0 Å². The first-order valence-electron chi connectivity index (χ1n) is 4.17. The van der Waals surface area contributed by atoms with Crippen LogP contribution in [0.1, 0.15) is 0 Å². The van der Waals surface area contributed by atoms with Gasteiger partial charge in [0.2, 0.25) is 10.4 Å². The molecule has 0 aliphatic heterocycles. The van der Waals surface area contributed by atoms with E-state index in [1.807, 2.05) is 0 Å². The second kappa shape index (κ2) is 5.04. The highest BCUT2D eigenvalue weighted by Gasteiger charge is 2.07. The minimum absolute atomic E-state index is 0.0817. The SMILES string of the molecule is COc1nc(Cl)nc(Sc2cnccn2)n1. The maximum absolute atomic E-state index is 5.70. The number of methoxy groups -OCH3 is 1. The highest BCUT2D eigenvalue weighted by atomic mass is 35.5. The maximum atomic E-state index is 5.70. The van der Waals surface area contributed by atoms with Crippen LogP contribution in [0, 0.1) is 0 Å². The van der Waals surface area contributed by atoms with Crippen molar-refractivity contribution >= 4 is 23.4 Å². The molecule has 0 atom stereocenters. The summed E-state index contributed by atoms with van der Waals surface area (Å²) in [5, 5.41) is 1.17. The summed E-state index contributed by atoms with van der Waals surface area (Å²) in [4.78, 5) is 19.7. The summed E-state index contributed by atoms with van der Waals surface area (Å²) < 4.78 is 4.88. The molecule has 0 saturated carbocycles. The lowest BCUT2D eigenvalue weighted by Gasteiger charge is -2.01. The van der Waals surface area contributed by atoms with Crippen LogP contribution < -0.4 is 4.74 Å². The van der Waals surface area contributed by atoms with Gasteiger partial charge in [0.15, 0.2) is 0 Å². The van der Waals surface area contributed by atoms with E-state index in [1.54, 1.807) is 18.6 Å². The molecular formula is C8H6ClN5OS. The number of halogens is 1. The van der Waals surface area contributed by atoms with E-state index in [-0.39, 0.29) is 11.3 Å². The molecule has 2 heterocycles. The summed E-state index contributed by atoms with van der Waals surface area (Å²) in [6, 6.07) is 0.173. The van der Waals surface area contributed by atoms with Gasteiger partial charge in [-0.1, -0.05) is 0 Å². The molecule has 2 aromatic heterocycles. The Bertz CT molecular complexity index is 483. The number of rotatable bonds is 3. The van der Waals surface area contributed by atoms with Crippen LogP contribution in [0.4, 0.5) is 0 Å². The predicted octanol–water partition coefficient (Wildman–Crippen LogP) is 1.47. The Balaban J connectivity index is 2.24. The molecule has 8 heteroatoms. The molecule has 0 fully saturated rings. The normalized spacial score (nSPS) is 10.1. The third kappa shape index (κ3) is 2.77. The van der Waals surface area contributed by atoms with Crippen LogP contribution in [-0.2, 0) is 0 Å². The fraction of sp³-hybridized carbons (Fsp3) is 0.125. The number of aromatic nitrogens is 5. The number of hydrogen-bond acceptors (Lipinski definition) is 7. The molecule has 0 amide bonds. The second-order valence-corrected chi connectivity index (χ2v) is 3.85. The minimum atomic E-state index is 0.0817. The molecule has 0 radical (unpaired) electrons. The molecule has 16 heavy (non-hydrogen) atoms. The van der Waals surface area contributed by atoms with Crippen LogP contribution in [0.3, 0.4) is 0 Å². The molecule has 0 unspecified atom stereocenters. The number of nitrogens with zero attached hydrogens (tertiary/aromatic N) is 5. The van der Waals surface area contributed by atoms with Crippen LogP contribution in [0.25, 0.3) is 0 Å². The summed E-state index contributed by atoms with van der Waals surface area (Å²) in [5.74, 6) is 0. The Morgan fingerprint density at radius 3 is 2.81 bits per heavy atom. The van der Waals surface area contributed by atoms with Crippen LogP contribution >= 0.6 is 23.4 Å². The van der Waals surface area contributed by atoms with E-state index in [9.17, 15) is 0 Å². The van der Waals surface area contributed by atoms with E-state index < -0.39 is 0 Å². The monoisotopic (exact) mass is 255 g/mol. The molecular weight excluding hydrogens is 250 g/mol. The highest BCUT2D eigenvalue weighted by Crippen LogP contribution is 2.23. The van der Waals surface area contributed by atoms with Gasteiger partial charge in [0.1, 0.15) is 5.03 Å². The standard InChI is InChI=1S/C8H6ClN5OS/c1-15-7-12-6(9)13-8(14-7)16-5-4-10-2-3-11-5/h2-4H,1H3. The van der Waals surface area contributed by atoms with Gasteiger partial charge in [-0.2, -0.15) is 15.0 Å². The smallest absolute Gasteiger partial charge is 0.321 e. The number of hydrogen-bond donors (Lipinski definition) is 0. The molecule has 0 N–H and O–H groups in total. The zero-order chi connectivity index (χ0) is 11.4. The van der Waals surface area contributed by atoms with Crippen LogP contribution in [0.2, 0.25) is 5.28 Å². The molecule has 0 aliphatic carbocycles. The summed E-state index contributed by atoms with van der Waals surface area (Å²) in [5.41, 5.74) is 0. The average molecular weight is 256 g/mol. The third-order valence-electron chi connectivity index (χ3n) is 1.49. The molecule has 0 bridgehead atoms. The lowest BCUT2D eigenvalue weighted by atomic mass is 10.8. The molecule has 2 rings (SSSR count). The molecule has 0 aliphatic rings. The summed E-state index contributed by atoms with van der Waals surface area (Å²) in [6.45, 7) is 0. The molecule has 0 spiro atoms. The Labute approximate surface area is 100 Å². The zero-order valence-electron chi connectivity index (χ0n) is 8.16. The summed E-state index contributed by atoms with van der Waals surface area (Å²) in [6.07, 6.45) is 4.78. The van der Waals surface area contributed by atoms with Gasteiger partial charge in [0.05, 0.1) is 13.3 Å². The Morgan fingerprint density at radius 1 is 1.25 bits per heavy atom. The molecule has 0 saturated heterocycles. The Morgan fingerprint density at radius 2 is 2.12 bits per heavy atom. The van der Waals surface area contributed by atoms with Crippen LogP contribution in [0.5, 0.6) is 6.01 Å². The fourth-order valence-corrected chi connectivity index (χ4v) is 1.76. The van der Waals surface area contributed by atoms with Crippen LogP contribution in [0.15, 0.2) is 28.8 Å². The van der Waals surface area contributed by atoms with Gasteiger partial charge in [-0.25, -0.2) is 4.98 Å². The molecule has 2 aromatic rings. The van der Waals surface area contributed by atoms with Gasteiger partial charge < -0.3 is 4.74 Å². The third-order valence-corrected chi connectivity index (χ3v) is 2.44. The maximum Gasteiger partial charge on any atom is 0.321 e. The Hall–Kier alpha value is -1.47. The summed E-state index contributed by atoms with van der Waals surface area (Å²) >= 11 is 6.93. The van der Waals surface area contributed by atoms with Crippen molar-refractivity contribution in [3.05, 3.63) is 23.9 Å². The Kier molecular flexibility index (Phi) is 3.47. The first-order chi connectivity index (χ1) is 7.78. The molecule has 82 valence electrons. The molecule has 0 aromatic carbocycles. The van der Waals surface area contributed by atoms with Gasteiger partial charge in [-0.3, -0.25) is 4.98 Å². The van der Waals surface area contributed by atoms with Crippen molar-refractivity contribution in [1.82, 2.24) is 24.9 Å². The fourth-order valence-electron chi connectivity index (χ4n) is 0.883. The van der Waals surface area contributed by atoms with Crippen LogP contribution in [-0.4, -0.2) is 32.0 Å². The van der Waals surface area contributed by atoms with Gasteiger partial charge in [0, 0.05) is 12.4 Å². The van der Waals surface area contributed by atoms with E-state index >= 15 is 0 Å². The van der Waals surface area contributed by atoms with E-state index in [0.717, 1.165) is 0 Å². The van der Waals surface area contributed by atoms with Gasteiger partial charge >= 0.3 is 6.01 Å². The largest absolute Gasteiger partial charge is 0.467 e. The van der Waals surface area contributed by atoms with Gasteiger partial charge in [-0.15, -0.1) is 0 Å². The topological polar surface area (TPSA) is 73.7 Å². The highest BCUT2D eigenvalue weighted by molar-refractivity contribution is 7.99.